The number of nitrogens with zero attached hydrogens (tertiary/aromatic N) is 1. The molecule has 42 heavy (non-hydrogen) atoms. The first-order valence-electron chi connectivity index (χ1n) is 13.9. The minimum atomic E-state index is -5.10. The van der Waals surface area contributed by atoms with Crippen molar-refractivity contribution in [3.63, 3.8) is 0 Å². The third kappa shape index (κ3) is 7.07. The van der Waals surface area contributed by atoms with Crippen LogP contribution in [0.1, 0.15) is 95.9 Å². The summed E-state index contributed by atoms with van der Waals surface area (Å²) in [5.74, 6) is -2.84. The van der Waals surface area contributed by atoms with Gasteiger partial charge in [0.2, 0.25) is 5.91 Å². The predicted molar refractivity (Wildman–Crippen MR) is 140 cm³/mol. The lowest BCUT2D eigenvalue weighted by Crippen LogP contribution is -2.49. The first kappa shape index (κ1) is 31.4. The van der Waals surface area contributed by atoms with Crippen LogP contribution >= 0.6 is 0 Å². The number of unbranched alkanes of at least 4 members (excludes halogenated alkanes) is 2. The largest absolute Gasteiger partial charge is 0.469 e. The molecule has 0 radical (unpaired) electrons. The molecule has 1 aliphatic heterocycles. The molecule has 1 saturated carbocycles. The topological polar surface area (TPSA) is 75.7 Å². The Labute approximate surface area is 239 Å². The molecular weight excluding hydrogens is 566 g/mol. The van der Waals surface area contributed by atoms with Crippen LogP contribution in [0.15, 0.2) is 42.5 Å². The van der Waals surface area contributed by atoms with Gasteiger partial charge >= 0.3 is 18.3 Å². The summed E-state index contributed by atoms with van der Waals surface area (Å²) in [6.07, 6.45) is -5.78. The van der Waals surface area contributed by atoms with E-state index < -0.39 is 58.8 Å². The number of nitrogens with one attached hydrogen (secondary N) is 1. The van der Waals surface area contributed by atoms with Crippen LogP contribution in [0, 0.1) is 0 Å². The van der Waals surface area contributed by atoms with Gasteiger partial charge in [-0.05, 0) is 61.1 Å². The average molecular weight is 599 g/mol. The fourth-order valence-corrected chi connectivity index (χ4v) is 5.83. The van der Waals surface area contributed by atoms with Gasteiger partial charge in [-0.1, -0.05) is 37.5 Å². The van der Waals surface area contributed by atoms with Gasteiger partial charge in [-0.2, -0.15) is 26.3 Å². The van der Waals surface area contributed by atoms with E-state index in [-0.39, 0.29) is 36.2 Å². The highest BCUT2D eigenvalue weighted by Gasteiger charge is 2.46. The first-order valence-corrected chi connectivity index (χ1v) is 13.9. The summed E-state index contributed by atoms with van der Waals surface area (Å²) in [6, 6.07) is 5.81. The lowest BCUT2D eigenvalue weighted by Gasteiger charge is -2.42. The molecule has 0 spiro atoms. The summed E-state index contributed by atoms with van der Waals surface area (Å²) in [7, 11) is 1.25. The summed E-state index contributed by atoms with van der Waals surface area (Å²) in [5.41, 5.74) is -3.06. The third-order valence-corrected chi connectivity index (χ3v) is 7.88. The molecule has 0 saturated heterocycles. The summed E-state index contributed by atoms with van der Waals surface area (Å²) in [5, 5.41) is 2.94. The van der Waals surface area contributed by atoms with Gasteiger partial charge in [-0.15, -0.1) is 0 Å². The van der Waals surface area contributed by atoms with Crippen LogP contribution in [-0.4, -0.2) is 42.4 Å². The zero-order valence-electron chi connectivity index (χ0n) is 23.0. The quantitative estimate of drug-likeness (QED) is 0.196. The van der Waals surface area contributed by atoms with E-state index in [1.807, 2.05) is 0 Å². The smallest absolute Gasteiger partial charge is 0.416 e. The monoisotopic (exact) mass is 598 g/mol. The molecule has 2 amide bonds. The van der Waals surface area contributed by atoms with Crippen LogP contribution in [0.3, 0.4) is 0 Å². The second kappa shape index (κ2) is 12.7. The van der Waals surface area contributed by atoms with Crippen LogP contribution in [0.2, 0.25) is 0 Å². The number of hydrogen-bond donors (Lipinski definition) is 1. The number of amides is 2. The minimum Gasteiger partial charge on any atom is -0.469 e. The van der Waals surface area contributed by atoms with Crippen molar-refractivity contribution in [1.29, 1.82) is 0 Å². The maximum Gasteiger partial charge on any atom is 0.416 e. The number of carbonyl (C=O) groups is 3. The molecule has 1 N–H and O–H groups in total. The minimum absolute atomic E-state index is 0.0346. The zero-order chi connectivity index (χ0) is 30.7. The van der Waals surface area contributed by atoms with E-state index in [1.165, 1.54) is 24.1 Å². The number of carbonyl (C=O) groups excluding carboxylic acids is 3. The first-order chi connectivity index (χ1) is 19.8. The summed E-state index contributed by atoms with van der Waals surface area (Å²) in [4.78, 5) is 40.3. The Hall–Kier alpha value is -3.57. The molecule has 4 rings (SSSR count). The van der Waals surface area contributed by atoms with Gasteiger partial charge in [0.05, 0.1) is 30.2 Å². The Bertz CT molecular complexity index is 1270. The third-order valence-electron chi connectivity index (χ3n) is 7.88. The Balaban J connectivity index is 1.82. The van der Waals surface area contributed by atoms with Crippen LogP contribution in [0.4, 0.5) is 26.3 Å². The highest BCUT2D eigenvalue weighted by Crippen LogP contribution is 2.46. The van der Waals surface area contributed by atoms with Gasteiger partial charge in [0.25, 0.3) is 5.91 Å². The van der Waals surface area contributed by atoms with Gasteiger partial charge in [0, 0.05) is 24.6 Å². The number of hydrogen-bond acceptors (Lipinski definition) is 4. The second-order valence-corrected chi connectivity index (χ2v) is 10.7. The van der Waals surface area contributed by atoms with Crippen molar-refractivity contribution in [1.82, 2.24) is 10.2 Å². The number of esters is 1. The summed E-state index contributed by atoms with van der Waals surface area (Å²) < 4.78 is 87.8. The van der Waals surface area contributed by atoms with Crippen molar-refractivity contribution in [2.45, 2.75) is 81.7 Å². The average Bonchev–Trinajstić information content (AvgIpc) is 3.45. The molecule has 1 fully saturated rings. The van der Waals surface area contributed by atoms with Crippen molar-refractivity contribution < 1.29 is 45.5 Å². The second-order valence-electron chi connectivity index (χ2n) is 10.7. The van der Waals surface area contributed by atoms with E-state index in [2.05, 4.69) is 10.1 Å². The SMILES string of the molecule is COC(=O)CCCCCN1C(=O)c2ccccc2C(C(=O)NC2CCCC2)C1c1cc(C(F)(F)F)cc(C(F)(F)F)c1. The molecule has 0 bridgehead atoms. The van der Waals surface area contributed by atoms with Crippen LogP contribution < -0.4 is 5.32 Å². The Morgan fingerprint density at radius 1 is 0.929 bits per heavy atom. The van der Waals surface area contributed by atoms with E-state index in [1.54, 1.807) is 12.1 Å². The highest BCUT2D eigenvalue weighted by atomic mass is 19.4. The molecule has 2 aromatic carbocycles. The zero-order valence-corrected chi connectivity index (χ0v) is 23.0. The van der Waals surface area contributed by atoms with E-state index >= 15 is 0 Å². The highest BCUT2D eigenvalue weighted by molar-refractivity contribution is 6.01. The van der Waals surface area contributed by atoms with E-state index in [0.717, 1.165) is 12.8 Å². The van der Waals surface area contributed by atoms with E-state index in [0.29, 0.717) is 44.2 Å². The molecule has 2 atom stereocenters. The molecule has 1 heterocycles. The maximum absolute atomic E-state index is 13.9. The predicted octanol–water partition coefficient (Wildman–Crippen LogP) is 6.80. The van der Waals surface area contributed by atoms with Crippen LogP contribution in [0.25, 0.3) is 0 Å². The molecule has 12 heteroatoms. The van der Waals surface area contributed by atoms with E-state index in [4.69, 9.17) is 0 Å². The van der Waals surface area contributed by atoms with Gasteiger partial charge in [-0.25, -0.2) is 0 Å². The molecule has 2 unspecified atom stereocenters. The van der Waals surface area contributed by atoms with Crippen molar-refractivity contribution in [3.8, 4) is 0 Å². The van der Waals surface area contributed by atoms with Crippen molar-refractivity contribution >= 4 is 17.8 Å². The standard InChI is InChI=1S/C30H32F6N2O4/c1-42-24(39)13-3-2-8-14-38-26(18-15-19(29(31,32)33)17-20(16-18)30(34,35)36)25(27(40)37-21-9-4-5-10-21)22-11-6-7-12-23(22)28(38)41/h6-7,11-12,15-17,21,25-26H,2-5,8-10,13-14H2,1H3,(H,37,40). The van der Waals surface area contributed by atoms with Gasteiger partial charge < -0.3 is 15.0 Å². The normalized spacial score (nSPS) is 19.5. The van der Waals surface area contributed by atoms with Crippen molar-refractivity contribution in [3.05, 3.63) is 70.3 Å². The number of benzene rings is 2. The number of rotatable bonds is 9. The lowest BCUT2D eigenvalue weighted by atomic mass is 9.78. The van der Waals surface area contributed by atoms with Crippen LogP contribution in [0.5, 0.6) is 0 Å². The number of ether oxygens (including phenoxy) is 1. The Kier molecular flexibility index (Phi) is 9.52. The Morgan fingerprint density at radius 2 is 1.55 bits per heavy atom. The van der Waals surface area contributed by atoms with Gasteiger partial charge in [-0.3, -0.25) is 14.4 Å². The van der Waals surface area contributed by atoms with Crippen molar-refractivity contribution in [2.24, 2.45) is 0 Å². The summed E-state index contributed by atoms with van der Waals surface area (Å²) >= 11 is 0. The van der Waals surface area contributed by atoms with Gasteiger partial charge in [0.15, 0.2) is 0 Å². The summed E-state index contributed by atoms with van der Waals surface area (Å²) in [6.45, 7) is -0.0518. The molecule has 1 aliphatic carbocycles. The lowest BCUT2D eigenvalue weighted by molar-refractivity contribution is -0.143. The van der Waals surface area contributed by atoms with Gasteiger partial charge in [0.1, 0.15) is 0 Å². The number of fused-ring (bicyclic) bond motifs is 1. The fraction of sp³-hybridized carbons (Fsp3) is 0.500. The fourth-order valence-electron chi connectivity index (χ4n) is 5.83. The molecular formula is C30H32F6N2O4. The molecule has 6 nitrogen and oxygen atoms in total. The molecule has 228 valence electrons. The number of alkyl halides is 6. The number of methoxy groups -OCH3 is 1. The maximum atomic E-state index is 13.9. The van der Waals surface area contributed by atoms with E-state index in [9.17, 15) is 40.7 Å². The number of halogens is 6. The molecule has 0 aromatic heterocycles. The molecule has 2 aliphatic rings. The van der Waals surface area contributed by atoms with Crippen LogP contribution in [-0.2, 0) is 26.7 Å². The molecule has 2 aromatic rings. The van der Waals surface area contributed by atoms with Crippen molar-refractivity contribution in [2.75, 3.05) is 13.7 Å². The Morgan fingerprint density at radius 3 is 2.14 bits per heavy atom.